The van der Waals surface area contributed by atoms with Gasteiger partial charge in [-0.05, 0) is 32.1 Å². The molecule has 3 nitrogen and oxygen atoms in total. The predicted octanol–water partition coefficient (Wildman–Crippen LogP) is 0.635. The van der Waals surface area contributed by atoms with Crippen LogP contribution in [0.25, 0.3) is 0 Å². The van der Waals surface area contributed by atoms with Gasteiger partial charge in [-0.25, -0.2) is 0 Å². The van der Waals surface area contributed by atoms with Crippen LogP contribution in [-0.2, 0) is 4.74 Å². The molecule has 1 aliphatic heterocycles. The topological polar surface area (TPSA) is 47.3 Å². The molecule has 76 valence electrons. The van der Waals surface area contributed by atoms with Gasteiger partial charge in [-0.15, -0.1) is 0 Å². The molecule has 0 aromatic carbocycles. The molecule has 0 aromatic heterocycles. The zero-order valence-corrected chi connectivity index (χ0v) is 8.17. The molecule has 2 aliphatic rings. The fraction of sp³-hybridized carbons (Fsp3) is 1.00. The summed E-state index contributed by atoms with van der Waals surface area (Å²) in [5.41, 5.74) is 5.84. The van der Waals surface area contributed by atoms with E-state index in [9.17, 15) is 0 Å². The molecule has 1 saturated carbocycles. The van der Waals surface area contributed by atoms with Gasteiger partial charge in [0.1, 0.15) is 0 Å². The summed E-state index contributed by atoms with van der Waals surface area (Å²) < 4.78 is 5.55. The Morgan fingerprint density at radius 1 is 1.31 bits per heavy atom. The molecule has 0 amide bonds. The molecule has 0 aromatic rings. The smallest absolute Gasteiger partial charge is 0.0700 e. The summed E-state index contributed by atoms with van der Waals surface area (Å²) in [6.45, 7) is 1.98. The van der Waals surface area contributed by atoms with Crippen LogP contribution in [0, 0.1) is 0 Å². The van der Waals surface area contributed by atoms with E-state index in [1.807, 2.05) is 0 Å². The van der Waals surface area contributed by atoms with Gasteiger partial charge in [0, 0.05) is 25.2 Å². The molecule has 2 rings (SSSR count). The van der Waals surface area contributed by atoms with Gasteiger partial charge in [0.15, 0.2) is 0 Å². The highest BCUT2D eigenvalue weighted by Crippen LogP contribution is 2.18. The Balaban J connectivity index is 1.62. The lowest BCUT2D eigenvalue weighted by Crippen LogP contribution is -2.34. The number of hydrogen-bond acceptors (Lipinski definition) is 3. The summed E-state index contributed by atoms with van der Waals surface area (Å²) in [6, 6.07) is 1.08. The van der Waals surface area contributed by atoms with Crippen molar-refractivity contribution in [2.75, 3.05) is 13.2 Å². The molecule has 0 spiro atoms. The quantitative estimate of drug-likeness (QED) is 0.676. The fourth-order valence-corrected chi connectivity index (χ4v) is 2.31. The molecular formula is C10H20N2O. The van der Waals surface area contributed by atoms with Crippen molar-refractivity contribution >= 4 is 0 Å². The van der Waals surface area contributed by atoms with Crippen LogP contribution in [0.4, 0.5) is 0 Å². The van der Waals surface area contributed by atoms with Crippen molar-refractivity contribution in [2.24, 2.45) is 5.73 Å². The summed E-state index contributed by atoms with van der Waals surface area (Å²) in [4.78, 5) is 0. The second-order valence-electron chi connectivity index (χ2n) is 4.31. The third-order valence-corrected chi connectivity index (χ3v) is 3.13. The SMILES string of the molecule is N[C@@H]1CC[C@@H](NCC2CCCO2)C1. The van der Waals surface area contributed by atoms with E-state index in [2.05, 4.69) is 5.32 Å². The highest BCUT2D eigenvalue weighted by atomic mass is 16.5. The van der Waals surface area contributed by atoms with Crippen molar-refractivity contribution in [2.45, 2.75) is 50.3 Å². The third kappa shape index (κ3) is 2.66. The van der Waals surface area contributed by atoms with Crippen molar-refractivity contribution in [3.05, 3.63) is 0 Å². The first kappa shape index (κ1) is 9.44. The highest BCUT2D eigenvalue weighted by molar-refractivity contribution is 4.83. The van der Waals surface area contributed by atoms with Gasteiger partial charge < -0.3 is 15.8 Å². The largest absolute Gasteiger partial charge is 0.377 e. The maximum absolute atomic E-state index is 5.84. The lowest BCUT2D eigenvalue weighted by atomic mass is 10.2. The summed E-state index contributed by atoms with van der Waals surface area (Å²) in [5, 5.41) is 3.55. The molecule has 1 aliphatic carbocycles. The van der Waals surface area contributed by atoms with Crippen molar-refractivity contribution in [3.63, 3.8) is 0 Å². The highest BCUT2D eigenvalue weighted by Gasteiger charge is 2.23. The molecule has 13 heavy (non-hydrogen) atoms. The Morgan fingerprint density at radius 3 is 2.85 bits per heavy atom. The molecule has 3 N–H and O–H groups in total. The summed E-state index contributed by atoms with van der Waals surface area (Å²) in [5.74, 6) is 0. The van der Waals surface area contributed by atoms with Crippen LogP contribution in [0.2, 0.25) is 0 Å². The molecule has 1 unspecified atom stereocenters. The van der Waals surface area contributed by atoms with Gasteiger partial charge in [-0.2, -0.15) is 0 Å². The lowest BCUT2D eigenvalue weighted by molar-refractivity contribution is 0.107. The van der Waals surface area contributed by atoms with Gasteiger partial charge in [-0.3, -0.25) is 0 Å². The number of rotatable bonds is 3. The van der Waals surface area contributed by atoms with Gasteiger partial charge in [0.05, 0.1) is 6.10 Å². The lowest BCUT2D eigenvalue weighted by Gasteiger charge is -2.15. The van der Waals surface area contributed by atoms with E-state index >= 15 is 0 Å². The van der Waals surface area contributed by atoms with E-state index in [0.29, 0.717) is 18.2 Å². The second kappa shape index (κ2) is 4.40. The molecule has 0 bridgehead atoms. The van der Waals surface area contributed by atoms with Crippen LogP contribution >= 0.6 is 0 Å². The molecule has 3 heteroatoms. The predicted molar refractivity (Wildman–Crippen MR) is 52.6 cm³/mol. The molecule has 3 atom stereocenters. The maximum atomic E-state index is 5.84. The standard InChI is InChI=1S/C10H20N2O/c11-8-3-4-9(6-8)12-7-10-2-1-5-13-10/h8-10,12H,1-7,11H2/t8-,9-,10?/m1/s1. The zero-order chi connectivity index (χ0) is 9.10. The second-order valence-corrected chi connectivity index (χ2v) is 4.31. The van der Waals surface area contributed by atoms with Gasteiger partial charge in [0.25, 0.3) is 0 Å². The summed E-state index contributed by atoms with van der Waals surface area (Å²) in [6.07, 6.45) is 6.50. The van der Waals surface area contributed by atoms with Crippen molar-refractivity contribution in [1.29, 1.82) is 0 Å². The first-order chi connectivity index (χ1) is 6.34. The Morgan fingerprint density at radius 2 is 2.23 bits per heavy atom. The van der Waals surface area contributed by atoms with Crippen LogP contribution < -0.4 is 11.1 Å². The van der Waals surface area contributed by atoms with Crippen LogP contribution in [0.15, 0.2) is 0 Å². The molecule has 0 radical (unpaired) electrons. The van der Waals surface area contributed by atoms with Crippen LogP contribution in [-0.4, -0.2) is 31.3 Å². The number of nitrogens with one attached hydrogen (secondary N) is 1. The first-order valence-corrected chi connectivity index (χ1v) is 5.45. The first-order valence-electron chi connectivity index (χ1n) is 5.45. The van der Waals surface area contributed by atoms with Gasteiger partial charge in [-0.1, -0.05) is 0 Å². The van der Waals surface area contributed by atoms with E-state index < -0.39 is 0 Å². The van der Waals surface area contributed by atoms with Crippen LogP contribution in [0.5, 0.6) is 0 Å². The zero-order valence-electron chi connectivity index (χ0n) is 8.17. The minimum absolute atomic E-state index is 0.432. The minimum atomic E-state index is 0.432. The third-order valence-electron chi connectivity index (χ3n) is 3.13. The van der Waals surface area contributed by atoms with Crippen molar-refractivity contribution in [3.8, 4) is 0 Å². The number of hydrogen-bond donors (Lipinski definition) is 2. The molecule has 2 fully saturated rings. The maximum Gasteiger partial charge on any atom is 0.0700 e. The van der Waals surface area contributed by atoms with E-state index in [0.717, 1.165) is 19.6 Å². The van der Waals surface area contributed by atoms with E-state index in [1.165, 1.54) is 25.7 Å². The molecular weight excluding hydrogens is 164 g/mol. The van der Waals surface area contributed by atoms with Gasteiger partial charge >= 0.3 is 0 Å². The number of nitrogens with two attached hydrogens (primary N) is 1. The summed E-state index contributed by atoms with van der Waals surface area (Å²) >= 11 is 0. The Bertz CT molecular complexity index is 157. The number of ether oxygens (including phenoxy) is 1. The van der Waals surface area contributed by atoms with Crippen LogP contribution in [0.3, 0.4) is 0 Å². The monoisotopic (exact) mass is 184 g/mol. The molecule has 1 saturated heterocycles. The average molecular weight is 184 g/mol. The van der Waals surface area contributed by atoms with E-state index in [-0.39, 0.29) is 0 Å². The van der Waals surface area contributed by atoms with Crippen LogP contribution in [0.1, 0.15) is 32.1 Å². The Labute approximate surface area is 80.0 Å². The summed E-state index contributed by atoms with van der Waals surface area (Å²) in [7, 11) is 0. The van der Waals surface area contributed by atoms with Gasteiger partial charge in [0.2, 0.25) is 0 Å². The van der Waals surface area contributed by atoms with E-state index in [1.54, 1.807) is 0 Å². The molecule has 1 heterocycles. The van der Waals surface area contributed by atoms with Crippen molar-refractivity contribution < 1.29 is 4.74 Å². The van der Waals surface area contributed by atoms with Crippen molar-refractivity contribution in [1.82, 2.24) is 5.32 Å². The fourth-order valence-electron chi connectivity index (χ4n) is 2.31. The minimum Gasteiger partial charge on any atom is -0.377 e. The Hall–Kier alpha value is -0.120. The van der Waals surface area contributed by atoms with E-state index in [4.69, 9.17) is 10.5 Å². The average Bonchev–Trinajstić information content (AvgIpc) is 2.71. The Kier molecular flexibility index (Phi) is 3.19. The normalized spacial score (nSPS) is 39.9.